The summed E-state index contributed by atoms with van der Waals surface area (Å²) in [5, 5.41) is 16.6. The molecule has 1 unspecified atom stereocenters. The maximum absolute atomic E-state index is 8.38. The number of hydrogen-bond acceptors (Lipinski definition) is 2. The van der Waals surface area contributed by atoms with Crippen LogP contribution in [0.5, 0.6) is 0 Å². The Hall–Kier alpha value is -1.53. The highest BCUT2D eigenvalue weighted by Gasteiger charge is 2.06. The molecule has 0 aliphatic heterocycles. The summed E-state index contributed by atoms with van der Waals surface area (Å²) in [6.07, 6.45) is 0.763. The molecule has 0 aliphatic rings. The average Bonchev–Trinajstić information content (AvgIpc) is 1.98. The van der Waals surface area contributed by atoms with E-state index in [0.29, 0.717) is 13.0 Å². The van der Waals surface area contributed by atoms with E-state index < -0.39 is 0 Å². The van der Waals surface area contributed by atoms with Crippen molar-refractivity contribution in [3.05, 3.63) is 11.4 Å². The standard InChI is InChI=1S/C7H7N3/c1-10-5-3-7(6-9)2-4-8/h7H,2-3,5H2. The average molecular weight is 133 g/mol. The van der Waals surface area contributed by atoms with Gasteiger partial charge < -0.3 is 4.85 Å². The van der Waals surface area contributed by atoms with Crippen LogP contribution in [0.4, 0.5) is 0 Å². The molecule has 3 nitrogen and oxygen atoms in total. The molecule has 0 amide bonds. The van der Waals surface area contributed by atoms with Gasteiger partial charge in [-0.2, -0.15) is 10.5 Å². The van der Waals surface area contributed by atoms with Gasteiger partial charge in [0.05, 0.1) is 24.5 Å². The van der Waals surface area contributed by atoms with Crippen molar-refractivity contribution in [3.8, 4) is 12.1 Å². The Morgan fingerprint density at radius 2 is 2.20 bits per heavy atom. The summed E-state index contributed by atoms with van der Waals surface area (Å²) in [4.78, 5) is 3.10. The summed E-state index contributed by atoms with van der Waals surface area (Å²) >= 11 is 0. The van der Waals surface area contributed by atoms with Crippen LogP contribution in [0.2, 0.25) is 0 Å². The van der Waals surface area contributed by atoms with E-state index in [4.69, 9.17) is 17.1 Å². The Balaban J connectivity index is 3.57. The van der Waals surface area contributed by atoms with Crippen molar-refractivity contribution in [1.82, 2.24) is 0 Å². The smallest absolute Gasteiger partial charge is 0.216 e. The van der Waals surface area contributed by atoms with Crippen molar-refractivity contribution in [1.29, 1.82) is 10.5 Å². The predicted octanol–water partition coefficient (Wildman–Crippen LogP) is 1.35. The molecule has 3 heteroatoms. The van der Waals surface area contributed by atoms with Crippen LogP contribution in [0.1, 0.15) is 12.8 Å². The first-order valence-corrected chi connectivity index (χ1v) is 2.95. The fourth-order valence-corrected chi connectivity index (χ4v) is 0.543. The van der Waals surface area contributed by atoms with E-state index in [-0.39, 0.29) is 12.3 Å². The van der Waals surface area contributed by atoms with E-state index in [1.54, 1.807) is 0 Å². The zero-order chi connectivity index (χ0) is 7.82. The molecule has 0 aromatic rings. The predicted molar refractivity (Wildman–Crippen MR) is 35.4 cm³/mol. The molecule has 50 valence electrons. The lowest BCUT2D eigenvalue weighted by molar-refractivity contribution is 0.648. The SMILES string of the molecule is [C-]#[N+]CCC(C#N)CC#N. The third-order valence-corrected chi connectivity index (χ3v) is 1.11. The van der Waals surface area contributed by atoms with Gasteiger partial charge in [-0.05, 0) is 0 Å². The Kier molecular flexibility index (Phi) is 4.75. The van der Waals surface area contributed by atoms with Gasteiger partial charge >= 0.3 is 0 Å². The fraction of sp³-hybridized carbons (Fsp3) is 0.571. The molecule has 0 bridgehead atoms. The second kappa shape index (κ2) is 5.60. The van der Waals surface area contributed by atoms with E-state index in [1.807, 2.05) is 12.1 Å². The van der Waals surface area contributed by atoms with Crippen LogP contribution in [-0.2, 0) is 0 Å². The highest BCUT2D eigenvalue weighted by atomic mass is 14.6. The minimum atomic E-state index is -0.251. The molecule has 0 rings (SSSR count). The third kappa shape index (κ3) is 3.47. The van der Waals surface area contributed by atoms with Crippen molar-refractivity contribution < 1.29 is 0 Å². The third-order valence-electron chi connectivity index (χ3n) is 1.11. The molecule has 1 atom stereocenters. The Morgan fingerprint density at radius 1 is 1.50 bits per heavy atom. The zero-order valence-corrected chi connectivity index (χ0v) is 5.54. The lowest BCUT2D eigenvalue weighted by Gasteiger charge is -1.94. The summed E-state index contributed by atoms with van der Waals surface area (Å²) in [6.45, 7) is 6.78. The second-order valence-corrected chi connectivity index (χ2v) is 1.86. The summed E-state index contributed by atoms with van der Waals surface area (Å²) in [5.74, 6) is -0.251. The van der Waals surface area contributed by atoms with E-state index in [1.165, 1.54) is 0 Å². The van der Waals surface area contributed by atoms with Crippen molar-refractivity contribution >= 4 is 0 Å². The van der Waals surface area contributed by atoms with Gasteiger partial charge in [0, 0.05) is 6.42 Å². The Labute approximate surface area is 60.3 Å². The van der Waals surface area contributed by atoms with Crippen LogP contribution in [0.15, 0.2) is 0 Å². The maximum Gasteiger partial charge on any atom is 0.216 e. The first kappa shape index (κ1) is 8.47. The fourth-order valence-electron chi connectivity index (χ4n) is 0.543. The Morgan fingerprint density at radius 3 is 2.60 bits per heavy atom. The molecule has 0 radical (unpaired) electrons. The van der Waals surface area contributed by atoms with Gasteiger partial charge in [-0.1, -0.05) is 0 Å². The summed E-state index contributed by atoms with van der Waals surface area (Å²) in [6, 6.07) is 3.87. The number of nitriles is 2. The lowest BCUT2D eigenvalue weighted by atomic mass is 10.1. The lowest BCUT2D eigenvalue weighted by Crippen LogP contribution is -1.96. The first-order valence-electron chi connectivity index (χ1n) is 2.95. The molecular weight excluding hydrogens is 126 g/mol. The van der Waals surface area contributed by atoms with Crippen LogP contribution in [0, 0.1) is 35.2 Å². The van der Waals surface area contributed by atoms with Gasteiger partial charge in [0.2, 0.25) is 6.54 Å². The van der Waals surface area contributed by atoms with Gasteiger partial charge in [-0.3, -0.25) is 0 Å². The number of rotatable bonds is 3. The molecule has 0 aromatic carbocycles. The minimum absolute atomic E-state index is 0.242. The van der Waals surface area contributed by atoms with E-state index in [2.05, 4.69) is 4.85 Å². The second-order valence-electron chi connectivity index (χ2n) is 1.86. The number of hydrogen-bond donors (Lipinski definition) is 0. The van der Waals surface area contributed by atoms with Crippen molar-refractivity contribution in [2.24, 2.45) is 5.92 Å². The largest absolute Gasteiger partial charge is 0.317 e. The van der Waals surface area contributed by atoms with Gasteiger partial charge in [0.1, 0.15) is 0 Å². The van der Waals surface area contributed by atoms with E-state index in [9.17, 15) is 0 Å². The quantitative estimate of drug-likeness (QED) is 0.545. The summed E-state index contributed by atoms with van der Waals surface area (Å²) in [7, 11) is 0. The van der Waals surface area contributed by atoms with Crippen LogP contribution < -0.4 is 0 Å². The zero-order valence-electron chi connectivity index (χ0n) is 5.54. The molecule has 0 aromatic heterocycles. The Bertz CT molecular complexity index is 200. The highest BCUT2D eigenvalue weighted by molar-refractivity contribution is 4.90. The van der Waals surface area contributed by atoms with Gasteiger partial charge in [0.25, 0.3) is 0 Å². The maximum atomic E-state index is 8.38. The highest BCUT2D eigenvalue weighted by Crippen LogP contribution is 2.05. The summed E-state index contributed by atoms with van der Waals surface area (Å²) < 4.78 is 0. The molecule has 0 saturated heterocycles. The van der Waals surface area contributed by atoms with Gasteiger partial charge in [-0.25, -0.2) is 6.57 Å². The molecule has 0 spiro atoms. The van der Waals surface area contributed by atoms with Crippen LogP contribution in [0.25, 0.3) is 4.85 Å². The van der Waals surface area contributed by atoms with Crippen LogP contribution in [-0.4, -0.2) is 6.54 Å². The van der Waals surface area contributed by atoms with Crippen LogP contribution in [0.3, 0.4) is 0 Å². The molecule has 0 N–H and O–H groups in total. The van der Waals surface area contributed by atoms with Crippen LogP contribution >= 0.6 is 0 Å². The van der Waals surface area contributed by atoms with Crippen molar-refractivity contribution in [2.45, 2.75) is 12.8 Å². The van der Waals surface area contributed by atoms with Gasteiger partial charge in [-0.15, -0.1) is 0 Å². The monoisotopic (exact) mass is 133 g/mol. The molecule has 10 heavy (non-hydrogen) atoms. The molecule has 0 saturated carbocycles. The van der Waals surface area contributed by atoms with E-state index >= 15 is 0 Å². The van der Waals surface area contributed by atoms with Gasteiger partial charge in [0.15, 0.2) is 0 Å². The van der Waals surface area contributed by atoms with Crippen molar-refractivity contribution in [3.63, 3.8) is 0 Å². The number of nitrogens with zero attached hydrogens (tertiary/aromatic N) is 3. The first-order chi connectivity index (χ1) is 4.85. The molecule has 0 aliphatic carbocycles. The van der Waals surface area contributed by atoms with E-state index in [0.717, 1.165) is 0 Å². The topological polar surface area (TPSA) is 51.9 Å². The molecule has 0 fully saturated rings. The molecule has 0 heterocycles. The minimum Gasteiger partial charge on any atom is -0.317 e. The molecular formula is C7H7N3. The normalized spacial score (nSPS) is 10.5. The summed E-state index contributed by atoms with van der Waals surface area (Å²) in [5.41, 5.74) is 0. The van der Waals surface area contributed by atoms with Crippen molar-refractivity contribution in [2.75, 3.05) is 6.54 Å².